The van der Waals surface area contributed by atoms with E-state index in [0.717, 1.165) is 6.54 Å². The van der Waals surface area contributed by atoms with Crippen molar-refractivity contribution in [3.05, 3.63) is 35.4 Å². The maximum Gasteiger partial charge on any atom is 0.262 e. The van der Waals surface area contributed by atoms with Gasteiger partial charge in [-0.3, -0.25) is 9.69 Å². The Hall–Kier alpha value is -2.32. The van der Waals surface area contributed by atoms with Gasteiger partial charge in [0.1, 0.15) is 17.4 Å². The average Bonchev–Trinajstić information content (AvgIpc) is 2.51. The molecule has 0 fully saturated rings. The highest BCUT2D eigenvalue weighted by molar-refractivity contribution is 6.01. The van der Waals surface area contributed by atoms with E-state index in [1.54, 1.807) is 12.1 Å². The molecule has 1 aromatic carbocycles. The monoisotopic (exact) mass is 301 g/mol. The molecule has 0 unspecified atom stereocenters. The zero-order valence-electron chi connectivity index (χ0n) is 13.6. The predicted molar refractivity (Wildman–Crippen MR) is 87.1 cm³/mol. The van der Waals surface area contributed by atoms with Crippen molar-refractivity contribution in [2.45, 2.75) is 26.3 Å². The van der Waals surface area contributed by atoms with Gasteiger partial charge < -0.3 is 10.4 Å². The van der Waals surface area contributed by atoms with Gasteiger partial charge in [-0.1, -0.05) is 19.1 Å². The first kappa shape index (κ1) is 17.7. The lowest BCUT2D eigenvalue weighted by molar-refractivity contribution is -0.117. The van der Waals surface area contributed by atoms with Crippen molar-refractivity contribution < 1.29 is 9.90 Å². The van der Waals surface area contributed by atoms with Gasteiger partial charge in [-0.15, -0.1) is 0 Å². The molecule has 0 atom stereocenters. The third-order valence-corrected chi connectivity index (χ3v) is 3.76. The van der Waals surface area contributed by atoms with Crippen molar-refractivity contribution in [3.8, 4) is 11.8 Å². The highest BCUT2D eigenvalue weighted by Crippen LogP contribution is 2.14. The van der Waals surface area contributed by atoms with Crippen LogP contribution in [0.25, 0.3) is 6.08 Å². The van der Waals surface area contributed by atoms with Crippen molar-refractivity contribution in [1.82, 2.24) is 10.2 Å². The summed E-state index contributed by atoms with van der Waals surface area (Å²) >= 11 is 0. The van der Waals surface area contributed by atoms with E-state index in [-0.39, 0.29) is 16.9 Å². The fourth-order valence-corrected chi connectivity index (χ4v) is 1.84. The SMILES string of the molecule is CCN(C)C(C)(C)CNC(=O)/C(C#N)=C/c1ccc(O)cc1. The van der Waals surface area contributed by atoms with Crippen LogP contribution < -0.4 is 5.32 Å². The van der Waals surface area contributed by atoms with Gasteiger partial charge in [0.05, 0.1) is 0 Å². The molecule has 0 bridgehead atoms. The van der Waals surface area contributed by atoms with E-state index in [2.05, 4.69) is 17.1 Å². The summed E-state index contributed by atoms with van der Waals surface area (Å²) in [4.78, 5) is 14.3. The minimum atomic E-state index is -0.395. The molecule has 118 valence electrons. The number of phenols is 1. The van der Waals surface area contributed by atoms with Crippen LogP contribution in [0.4, 0.5) is 0 Å². The van der Waals surface area contributed by atoms with E-state index in [0.29, 0.717) is 12.1 Å². The summed E-state index contributed by atoms with van der Waals surface area (Å²) in [6.45, 7) is 7.44. The molecule has 0 spiro atoms. The van der Waals surface area contributed by atoms with Crippen molar-refractivity contribution in [1.29, 1.82) is 5.26 Å². The van der Waals surface area contributed by atoms with Crippen molar-refractivity contribution in [3.63, 3.8) is 0 Å². The number of hydrogen-bond donors (Lipinski definition) is 2. The fraction of sp³-hybridized carbons (Fsp3) is 0.412. The van der Waals surface area contributed by atoms with Gasteiger partial charge in [0.15, 0.2) is 0 Å². The number of carbonyl (C=O) groups excluding carboxylic acids is 1. The first-order chi connectivity index (χ1) is 10.3. The molecule has 0 radical (unpaired) electrons. The molecule has 2 N–H and O–H groups in total. The summed E-state index contributed by atoms with van der Waals surface area (Å²) < 4.78 is 0. The number of nitrogens with zero attached hydrogens (tertiary/aromatic N) is 2. The molecule has 22 heavy (non-hydrogen) atoms. The van der Waals surface area contributed by atoms with E-state index >= 15 is 0 Å². The van der Waals surface area contributed by atoms with Gasteiger partial charge in [0.25, 0.3) is 5.91 Å². The Morgan fingerprint density at radius 1 is 1.41 bits per heavy atom. The molecule has 5 nitrogen and oxygen atoms in total. The number of amides is 1. The van der Waals surface area contributed by atoms with Gasteiger partial charge in [0, 0.05) is 12.1 Å². The average molecular weight is 301 g/mol. The van der Waals surface area contributed by atoms with Crippen LogP contribution in [-0.4, -0.2) is 41.6 Å². The Kier molecular flexibility index (Phi) is 6.14. The zero-order valence-corrected chi connectivity index (χ0v) is 13.6. The second-order valence-corrected chi connectivity index (χ2v) is 5.77. The summed E-state index contributed by atoms with van der Waals surface area (Å²) in [5.41, 5.74) is 0.541. The third kappa shape index (κ3) is 4.90. The number of likely N-dealkylation sites (N-methyl/N-ethyl adjacent to an activating group) is 1. The van der Waals surface area contributed by atoms with Crippen LogP contribution in [0, 0.1) is 11.3 Å². The first-order valence-electron chi connectivity index (χ1n) is 7.20. The lowest BCUT2D eigenvalue weighted by Gasteiger charge is -2.34. The molecule has 1 amide bonds. The van der Waals surface area contributed by atoms with Gasteiger partial charge >= 0.3 is 0 Å². The van der Waals surface area contributed by atoms with Gasteiger partial charge in [0.2, 0.25) is 0 Å². The van der Waals surface area contributed by atoms with Gasteiger partial charge in [-0.05, 0) is 51.2 Å². The van der Waals surface area contributed by atoms with Crippen LogP contribution in [0.15, 0.2) is 29.8 Å². The zero-order chi connectivity index (χ0) is 16.8. The quantitative estimate of drug-likeness (QED) is 0.623. The molecule has 0 aliphatic carbocycles. The summed E-state index contributed by atoms with van der Waals surface area (Å²) in [7, 11) is 1.99. The minimum absolute atomic E-state index is 0.0423. The van der Waals surface area contributed by atoms with Crippen LogP contribution in [0.5, 0.6) is 5.75 Å². The highest BCUT2D eigenvalue weighted by atomic mass is 16.3. The summed E-state index contributed by atoms with van der Waals surface area (Å²) in [6, 6.07) is 8.24. The third-order valence-electron chi connectivity index (χ3n) is 3.76. The molecule has 0 aliphatic heterocycles. The summed E-state index contributed by atoms with van der Waals surface area (Å²) in [5, 5.41) is 21.2. The second-order valence-electron chi connectivity index (χ2n) is 5.77. The number of benzene rings is 1. The smallest absolute Gasteiger partial charge is 0.262 e. The first-order valence-corrected chi connectivity index (χ1v) is 7.20. The van der Waals surface area contributed by atoms with E-state index in [1.165, 1.54) is 18.2 Å². The van der Waals surface area contributed by atoms with Crippen LogP contribution in [0.1, 0.15) is 26.3 Å². The maximum absolute atomic E-state index is 12.1. The Balaban J connectivity index is 2.78. The number of nitrogens with one attached hydrogen (secondary N) is 1. The number of nitriles is 1. The number of rotatable bonds is 6. The maximum atomic E-state index is 12.1. The van der Waals surface area contributed by atoms with E-state index in [9.17, 15) is 9.90 Å². The Bertz CT molecular complexity index is 583. The highest BCUT2D eigenvalue weighted by Gasteiger charge is 2.23. The van der Waals surface area contributed by atoms with E-state index < -0.39 is 5.91 Å². The van der Waals surface area contributed by atoms with E-state index in [1.807, 2.05) is 27.0 Å². The van der Waals surface area contributed by atoms with Crippen LogP contribution >= 0.6 is 0 Å². The number of hydrogen-bond acceptors (Lipinski definition) is 4. The Morgan fingerprint density at radius 3 is 2.50 bits per heavy atom. The van der Waals surface area contributed by atoms with Crippen LogP contribution in [-0.2, 0) is 4.79 Å². The largest absolute Gasteiger partial charge is 0.508 e. The molecular formula is C17H23N3O2. The van der Waals surface area contributed by atoms with Crippen molar-refractivity contribution >= 4 is 12.0 Å². The molecule has 0 saturated heterocycles. The molecule has 1 aromatic rings. The predicted octanol–water partition coefficient (Wildman–Crippen LogP) is 2.15. The van der Waals surface area contributed by atoms with E-state index in [4.69, 9.17) is 5.26 Å². The second kappa shape index (κ2) is 7.62. The molecular weight excluding hydrogens is 278 g/mol. The Labute approximate surface area is 131 Å². The lowest BCUT2D eigenvalue weighted by atomic mass is 10.0. The molecule has 0 aliphatic rings. The van der Waals surface area contributed by atoms with Crippen LogP contribution in [0.3, 0.4) is 0 Å². The lowest BCUT2D eigenvalue weighted by Crippen LogP contribution is -2.49. The number of phenolic OH excluding ortho intramolecular Hbond substituents is 1. The standard InChI is InChI=1S/C17H23N3O2/c1-5-20(4)17(2,3)12-19-16(22)14(11-18)10-13-6-8-15(21)9-7-13/h6-10,21H,5,12H2,1-4H3,(H,19,22)/b14-10+. The topological polar surface area (TPSA) is 76.4 Å². The molecule has 5 heteroatoms. The van der Waals surface area contributed by atoms with Crippen LogP contribution in [0.2, 0.25) is 0 Å². The van der Waals surface area contributed by atoms with Crippen molar-refractivity contribution in [2.75, 3.05) is 20.1 Å². The molecule has 1 rings (SSSR count). The summed E-state index contributed by atoms with van der Waals surface area (Å²) in [5.74, 6) is -0.252. The number of aromatic hydroxyl groups is 1. The minimum Gasteiger partial charge on any atom is -0.508 e. The fourth-order valence-electron chi connectivity index (χ4n) is 1.84. The normalized spacial score (nSPS) is 12.1. The van der Waals surface area contributed by atoms with Gasteiger partial charge in [-0.2, -0.15) is 5.26 Å². The molecule has 0 saturated carbocycles. The number of carbonyl (C=O) groups is 1. The molecule has 0 aromatic heterocycles. The van der Waals surface area contributed by atoms with Crippen molar-refractivity contribution in [2.24, 2.45) is 0 Å². The van der Waals surface area contributed by atoms with Gasteiger partial charge in [-0.25, -0.2) is 0 Å². The Morgan fingerprint density at radius 2 is 2.00 bits per heavy atom. The summed E-state index contributed by atoms with van der Waals surface area (Å²) in [6.07, 6.45) is 1.51. The molecule has 0 heterocycles.